The lowest BCUT2D eigenvalue weighted by Crippen LogP contribution is -2.49. The second-order valence-corrected chi connectivity index (χ2v) is 6.63. The molecule has 2 heterocycles. The van der Waals surface area contributed by atoms with Crippen LogP contribution in [0.15, 0.2) is 24.3 Å². The maximum atomic E-state index is 12.6. The fraction of sp³-hybridized carbons (Fsp3) is 0.429. The first kappa shape index (κ1) is 14.8. The molecule has 2 saturated heterocycles. The van der Waals surface area contributed by atoms with Crippen LogP contribution in [0.4, 0.5) is 10.5 Å². The Bertz CT molecular complexity index is 643. The second-order valence-electron chi connectivity index (χ2n) is 5.40. The van der Waals surface area contributed by atoms with Crippen molar-refractivity contribution in [2.45, 2.75) is 24.9 Å². The summed E-state index contributed by atoms with van der Waals surface area (Å²) in [5.41, 5.74) is -0.534. The molecule has 1 aromatic carbocycles. The van der Waals surface area contributed by atoms with E-state index in [0.717, 1.165) is 16.4 Å². The summed E-state index contributed by atoms with van der Waals surface area (Å²) in [5.74, 6) is 1.38. The molecule has 1 N–H and O–H groups in total. The Morgan fingerprint density at radius 1 is 1.27 bits per heavy atom. The van der Waals surface area contributed by atoms with Crippen LogP contribution in [0.25, 0.3) is 0 Å². The van der Waals surface area contributed by atoms with Gasteiger partial charge in [-0.25, -0.2) is 4.79 Å². The van der Waals surface area contributed by atoms with E-state index in [1.54, 1.807) is 30.0 Å². The molecule has 3 amide bonds. The SMILES string of the molecule is O=C1NC2(CCSCC2)C(=O)N1Cc1ccccc1[N+](=O)[O-]. The number of hydrogen-bond acceptors (Lipinski definition) is 5. The zero-order chi connectivity index (χ0) is 15.7. The zero-order valence-corrected chi connectivity index (χ0v) is 12.6. The quantitative estimate of drug-likeness (QED) is 0.521. The van der Waals surface area contributed by atoms with Gasteiger partial charge in [0.15, 0.2) is 0 Å². The van der Waals surface area contributed by atoms with E-state index < -0.39 is 16.5 Å². The van der Waals surface area contributed by atoms with Gasteiger partial charge in [-0.3, -0.25) is 19.8 Å². The highest BCUT2D eigenvalue weighted by atomic mass is 32.2. The van der Waals surface area contributed by atoms with Crippen molar-refractivity contribution < 1.29 is 14.5 Å². The molecule has 8 heteroatoms. The van der Waals surface area contributed by atoms with Crippen LogP contribution in [-0.4, -0.2) is 38.8 Å². The third-order valence-corrected chi connectivity index (χ3v) is 5.09. The van der Waals surface area contributed by atoms with Gasteiger partial charge in [0, 0.05) is 11.6 Å². The van der Waals surface area contributed by atoms with Gasteiger partial charge in [-0.15, -0.1) is 0 Å². The number of thioether (sulfide) groups is 1. The number of urea groups is 1. The molecule has 3 rings (SSSR count). The average molecular weight is 321 g/mol. The first-order chi connectivity index (χ1) is 10.5. The number of para-hydroxylation sites is 1. The monoisotopic (exact) mass is 321 g/mol. The third-order valence-electron chi connectivity index (χ3n) is 4.11. The first-order valence-corrected chi connectivity index (χ1v) is 8.13. The Balaban J connectivity index is 1.85. The van der Waals surface area contributed by atoms with Gasteiger partial charge in [-0.05, 0) is 24.3 Å². The zero-order valence-electron chi connectivity index (χ0n) is 11.8. The molecular formula is C14H15N3O4S. The number of carbonyl (C=O) groups excluding carboxylic acids is 2. The van der Waals surface area contributed by atoms with Gasteiger partial charge in [-0.1, -0.05) is 18.2 Å². The van der Waals surface area contributed by atoms with Crippen molar-refractivity contribution in [1.29, 1.82) is 0 Å². The first-order valence-electron chi connectivity index (χ1n) is 6.98. The van der Waals surface area contributed by atoms with E-state index in [1.807, 2.05) is 0 Å². The van der Waals surface area contributed by atoms with Crippen LogP contribution < -0.4 is 5.32 Å². The Morgan fingerprint density at radius 3 is 2.64 bits per heavy atom. The number of nitro benzene ring substituents is 1. The van der Waals surface area contributed by atoms with Crippen molar-refractivity contribution in [3.63, 3.8) is 0 Å². The Morgan fingerprint density at radius 2 is 1.95 bits per heavy atom. The number of carbonyl (C=O) groups is 2. The predicted octanol–water partition coefficient (Wildman–Crippen LogP) is 1.91. The fourth-order valence-electron chi connectivity index (χ4n) is 2.87. The van der Waals surface area contributed by atoms with Gasteiger partial charge in [-0.2, -0.15) is 11.8 Å². The minimum atomic E-state index is -0.814. The number of nitrogens with one attached hydrogen (secondary N) is 1. The molecule has 7 nitrogen and oxygen atoms in total. The van der Waals surface area contributed by atoms with Crippen LogP contribution in [0.5, 0.6) is 0 Å². The molecule has 1 spiro atoms. The van der Waals surface area contributed by atoms with Crippen LogP contribution in [0.2, 0.25) is 0 Å². The van der Waals surface area contributed by atoms with Gasteiger partial charge >= 0.3 is 6.03 Å². The van der Waals surface area contributed by atoms with Crippen molar-refractivity contribution in [2.75, 3.05) is 11.5 Å². The largest absolute Gasteiger partial charge is 0.325 e. The van der Waals surface area contributed by atoms with Crippen molar-refractivity contribution in [1.82, 2.24) is 10.2 Å². The van der Waals surface area contributed by atoms with Crippen LogP contribution in [0.3, 0.4) is 0 Å². The minimum Gasteiger partial charge on any atom is -0.323 e. The van der Waals surface area contributed by atoms with Crippen molar-refractivity contribution >= 4 is 29.4 Å². The number of nitro groups is 1. The second kappa shape index (κ2) is 5.60. The summed E-state index contributed by atoms with van der Waals surface area (Å²) in [5, 5.41) is 13.8. The molecule has 0 unspecified atom stereocenters. The van der Waals surface area contributed by atoms with E-state index in [0.29, 0.717) is 18.4 Å². The third kappa shape index (κ3) is 2.43. The highest BCUT2D eigenvalue weighted by molar-refractivity contribution is 7.99. The van der Waals surface area contributed by atoms with Crippen molar-refractivity contribution in [3.05, 3.63) is 39.9 Å². The summed E-state index contributed by atoms with van der Waals surface area (Å²) in [4.78, 5) is 36.5. The average Bonchev–Trinajstić information content (AvgIpc) is 2.73. The molecule has 2 fully saturated rings. The summed E-state index contributed by atoms with van der Waals surface area (Å²) in [6.45, 7) is -0.0727. The number of hydrogen-bond donors (Lipinski definition) is 1. The molecule has 0 aromatic heterocycles. The maximum absolute atomic E-state index is 12.6. The van der Waals surface area contributed by atoms with E-state index in [2.05, 4.69) is 5.32 Å². The van der Waals surface area contributed by atoms with Gasteiger partial charge < -0.3 is 5.32 Å². The molecule has 22 heavy (non-hydrogen) atoms. The predicted molar refractivity (Wildman–Crippen MR) is 81.5 cm³/mol. The van der Waals surface area contributed by atoms with E-state index in [9.17, 15) is 19.7 Å². The van der Waals surface area contributed by atoms with Crippen LogP contribution >= 0.6 is 11.8 Å². The standard InChI is InChI=1S/C14H15N3O4S/c18-12-14(5-7-22-8-6-14)15-13(19)16(12)9-10-3-1-2-4-11(10)17(20)21/h1-4H,5-9H2,(H,15,19). The molecule has 2 aliphatic rings. The van der Waals surface area contributed by atoms with E-state index in [-0.39, 0.29) is 18.1 Å². The van der Waals surface area contributed by atoms with Gasteiger partial charge in [0.1, 0.15) is 5.54 Å². The lowest BCUT2D eigenvalue weighted by atomic mass is 9.92. The summed E-state index contributed by atoms with van der Waals surface area (Å²) in [7, 11) is 0. The van der Waals surface area contributed by atoms with Gasteiger partial charge in [0.2, 0.25) is 0 Å². The number of amides is 3. The number of nitrogens with zero attached hydrogens (tertiary/aromatic N) is 2. The fourth-order valence-corrected chi connectivity index (χ4v) is 4.06. The summed E-state index contributed by atoms with van der Waals surface area (Å²) >= 11 is 1.76. The van der Waals surface area contributed by atoms with Gasteiger partial charge in [0.25, 0.3) is 11.6 Å². The van der Waals surface area contributed by atoms with Crippen LogP contribution in [0.1, 0.15) is 18.4 Å². The smallest absolute Gasteiger partial charge is 0.323 e. The van der Waals surface area contributed by atoms with E-state index >= 15 is 0 Å². The topological polar surface area (TPSA) is 92.6 Å². The lowest BCUT2D eigenvalue weighted by molar-refractivity contribution is -0.385. The molecule has 1 aromatic rings. The molecule has 0 bridgehead atoms. The highest BCUT2D eigenvalue weighted by Crippen LogP contribution is 2.33. The highest BCUT2D eigenvalue weighted by Gasteiger charge is 2.51. The molecule has 0 radical (unpaired) electrons. The molecule has 0 saturated carbocycles. The Hall–Kier alpha value is -2.09. The van der Waals surface area contributed by atoms with Crippen molar-refractivity contribution in [3.8, 4) is 0 Å². The molecule has 0 atom stereocenters. The van der Waals surface area contributed by atoms with E-state index in [1.165, 1.54) is 6.07 Å². The van der Waals surface area contributed by atoms with Gasteiger partial charge in [0.05, 0.1) is 11.5 Å². The van der Waals surface area contributed by atoms with Crippen molar-refractivity contribution in [2.24, 2.45) is 0 Å². The molecule has 116 valence electrons. The minimum absolute atomic E-state index is 0.0727. The lowest BCUT2D eigenvalue weighted by Gasteiger charge is -2.30. The number of benzene rings is 1. The number of imide groups is 1. The van der Waals surface area contributed by atoms with Crippen LogP contribution in [0, 0.1) is 10.1 Å². The van der Waals surface area contributed by atoms with Crippen LogP contribution in [-0.2, 0) is 11.3 Å². The normalized spacial score (nSPS) is 20.3. The number of rotatable bonds is 3. The summed E-state index contributed by atoms with van der Waals surface area (Å²) < 4.78 is 0. The molecular weight excluding hydrogens is 306 g/mol. The maximum Gasteiger partial charge on any atom is 0.325 e. The molecule has 2 aliphatic heterocycles. The molecule has 0 aliphatic carbocycles. The Kier molecular flexibility index (Phi) is 3.78. The summed E-state index contributed by atoms with van der Waals surface area (Å²) in [6, 6.07) is 5.71. The Labute approximate surface area is 131 Å². The summed E-state index contributed by atoms with van der Waals surface area (Å²) in [6.07, 6.45) is 1.21. The van der Waals surface area contributed by atoms with E-state index in [4.69, 9.17) is 0 Å².